The number of anilines is 1. The molecule has 2 aromatic carbocycles. The van der Waals surface area contributed by atoms with Gasteiger partial charge in [0, 0.05) is 20.8 Å². The van der Waals surface area contributed by atoms with Gasteiger partial charge < -0.3 is 5.32 Å². The number of halogens is 1. The Labute approximate surface area is 142 Å². The number of Topliss-reactive ketones (excluding diaryl/α,β-unsaturated/α-hetero) is 1. The van der Waals surface area contributed by atoms with Gasteiger partial charge in [-0.25, -0.2) is 0 Å². The molecule has 0 atom stereocenters. The molecule has 0 fully saturated rings. The van der Waals surface area contributed by atoms with E-state index < -0.39 is 0 Å². The van der Waals surface area contributed by atoms with Gasteiger partial charge in [0.2, 0.25) is 5.91 Å². The standard InChI is InChI=1S/C17H16BrNO2S/c1-12(20)7-17(21)19-15-8-14(18)9-16(10-15)22-11-13-5-3-2-4-6-13/h2-6,8-10H,7,11H2,1H3,(H,19,21). The van der Waals surface area contributed by atoms with Crippen LogP contribution in [0, 0.1) is 0 Å². The number of carbonyl (C=O) groups is 2. The molecule has 22 heavy (non-hydrogen) atoms. The molecule has 0 heterocycles. The minimum atomic E-state index is -0.287. The van der Waals surface area contributed by atoms with Crippen LogP contribution < -0.4 is 5.32 Å². The lowest BCUT2D eigenvalue weighted by molar-refractivity contribution is -0.124. The largest absolute Gasteiger partial charge is 0.326 e. The molecule has 0 radical (unpaired) electrons. The third kappa shape index (κ3) is 5.66. The molecule has 0 unspecified atom stereocenters. The highest BCUT2D eigenvalue weighted by molar-refractivity contribution is 9.10. The van der Waals surface area contributed by atoms with E-state index in [2.05, 4.69) is 33.4 Å². The Kier molecular flexibility index (Phi) is 6.21. The van der Waals surface area contributed by atoms with E-state index in [1.165, 1.54) is 12.5 Å². The van der Waals surface area contributed by atoms with Crippen LogP contribution in [0.1, 0.15) is 18.9 Å². The maximum atomic E-state index is 11.7. The van der Waals surface area contributed by atoms with Gasteiger partial charge in [-0.05, 0) is 30.7 Å². The quantitative estimate of drug-likeness (QED) is 0.588. The molecule has 2 aromatic rings. The third-order valence-electron chi connectivity index (χ3n) is 2.81. The average molecular weight is 378 g/mol. The van der Waals surface area contributed by atoms with E-state index >= 15 is 0 Å². The smallest absolute Gasteiger partial charge is 0.231 e. The maximum absolute atomic E-state index is 11.7. The molecule has 0 aliphatic rings. The van der Waals surface area contributed by atoms with Crippen molar-refractivity contribution in [3.05, 3.63) is 58.6 Å². The van der Waals surface area contributed by atoms with Crippen molar-refractivity contribution >= 4 is 45.1 Å². The molecule has 3 nitrogen and oxygen atoms in total. The molecule has 1 N–H and O–H groups in total. The van der Waals surface area contributed by atoms with Crippen molar-refractivity contribution in [1.82, 2.24) is 0 Å². The number of rotatable bonds is 6. The lowest BCUT2D eigenvalue weighted by Gasteiger charge is -2.08. The Morgan fingerprint density at radius 1 is 1.14 bits per heavy atom. The highest BCUT2D eigenvalue weighted by Gasteiger charge is 2.07. The summed E-state index contributed by atoms with van der Waals surface area (Å²) in [5.74, 6) is 0.425. The summed E-state index contributed by atoms with van der Waals surface area (Å²) in [6, 6.07) is 15.9. The van der Waals surface area contributed by atoms with Gasteiger partial charge in [-0.3, -0.25) is 9.59 Å². The number of carbonyl (C=O) groups excluding carboxylic acids is 2. The van der Waals surface area contributed by atoms with Gasteiger partial charge in [-0.2, -0.15) is 0 Å². The van der Waals surface area contributed by atoms with E-state index in [0.717, 1.165) is 15.1 Å². The first-order valence-corrected chi connectivity index (χ1v) is 8.57. The minimum absolute atomic E-state index is 0.0982. The first-order chi connectivity index (χ1) is 10.5. The van der Waals surface area contributed by atoms with Gasteiger partial charge in [0.15, 0.2) is 0 Å². The number of nitrogens with one attached hydrogen (secondary N) is 1. The summed E-state index contributed by atoms with van der Waals surface area (Å²) >= 11 is 5.14. The summed E-state index contributed by atoms with van der Waals surface area (Å²) in [6.07, 6.45) is -0.0982. The number of benzene rings is 2. The molecule has 0 aliphatic carbocycles. The van der Waals surface area contributed by atoms with Gasteiger partial charge in [-0.1, -0.05) is 46.3 Å². The zero-order valence-electron chi connectivity index (χ0n) is 12.1. The molecule has 0 saturated carbocycles. The van der Waals surface area contributed by atoms with Gasteiger partial charge in [0.25, 0.3) is 0 Å². The Morgan fingerprint density at radius 3 is 2.55 bits per heavy atom. The summed E-state index contributed by atoms with van der Waals surface area (Å²) in [4.78, 5) is 23.7. The van der Waals surface area contributed by atoms with Crippen LogP contribution in [0.5, 0.6) is 0 Å². The summed E-state index contributed by atoms with van der Waals surface area (Å²) in [6.45, 7) is 1.40. The van der Waals surface area contributed by atoms with Gasteiger partial charge in [0.1, 0.15) is 5.78 Å². The molecule has 5 heteroatoms. The van der Waals surface area contributed by atoms with Crippen molar-refractivity contribution in [2.75, 3.05) is 5.32 Å². The van der Waals surface area contributed by atoms with Crippen molar-refractivity contribution in [2.45, 2.75) is 24.0 Å². The van der Waals surface area contributed by atoms with Crippen molar-refractivity contribution in [1.29, 1.82) is 0 Å². The first kappa shape index (κ1) is 16.8. The summed E-state index contributed by atoms with van der Waals surface area (Å²) in [7, 11) is 0. The zero-order valence-corrected chi connectivity index (χ0v) is 14.5. The molecule has 0 aromatic heterocycles. The predicted octanol–water partition coefficient (Wildman–Crippen LogP) is 4.66. The van der Waals surface area contributed by atoms with Crippen LogP contribution in [0.3, 0.4) is 0 Å². The van der Waals surface area contributed by atoms with Crippen LogP contribution in [-0.4, -0.2) is 11.7 Å². The van der Waals surface area contributed by atoms with E-state index in [4.69, 9.17) is 0 Å². The topological polar surface area (TPSA) is 46.2 Å². The molecule has 0 bridgehead atoms. The van der Waals surface area contributed by atoms with E-state index in [0.29, 0.717) is 5.69 Å². The third-order valence-corrected chi connectivity index (χ3v) is 4.32. The Hall–Kier alpha value is -1.59. The number of hydrogen-bond donors (Lipinski definition) is 1. The van der Waals surface area contributed by atoms with Gasteiger partial charge in [0.05, 0.1) is 6.42 Å². The van der Waals surface area contributed by atoms with Gasteiger partial charge >= 0.3 is 0 Å². The van der Waals surface area contributed by atoms with E-state index in [1.807, 2.05) is 36.4 Å². The fraction of sp³-hybridized carbons (Fsp3) is 0.176. The molecular weight excluding hydrogens is 362 g/mol. The Balaban J connectivity index is 2.03. The minimum Gasteiger partial charge on any atom is -0.326 e. The van der Waals surface area contributed by atoms with Crippen molar-refractivity contribution < 1.29 is 9.59 Å². The summed E-state index contributed by atoms with van der Waals surface area (Å²) in [5, 5.41) is 2.75. The molecule has 0 aliphatic heterocycles. The molecule has 2 rings (SSSR count). The SMILES string of the molecule is CC(=O)CC(=O)Nc1cc(Br)cc(SCc2ccccc2)c1. The van der Waals surface area contributed by atoms with Crippen LogP contribution in [-0.2, 0) is 15.3 Å². The normalized spacial score (nSPS) is 10.3. The molecular formula is C17H16BrNO2S. The highest BCUT2D eigenvalue weighted by Crippen LogP contribution is 2.29. The second-order valence-corrected chi connectivity index (χ2v) is 6.84. The second-order valence-electron chi connectivity index (χ2n) is 4.88. The van der Waals surface area contributed by atoms with Crippen molar-refractivity contribution in [3.63, 3.8) is 0 Å². The zero-order chi connectivity index (χ0) is 15.9. The van der Waals surface area contributed by atoms with E-state index in [1.54, 1.807) is 11.8 Å². The summed E-state index contributed by atoms with van der Waals surface area (Å²) in [5.41, 5.74) is 1.94. The van der Waals surface area contributed by atoms with Crippen LogP contribution in [0.15, 0.2) is 57.9 Å². The van der Waals surface area contributed by atoms with Crippen LogP contribution in [0.25, 0.3) is 0 Å². The van der Waals surface area contributed by atoms with E-state index in [-0.39, 0.29) is 18.1 Å². The molecule has 0 saturated heterocycles. The fourth-order valence-electron chi connectivity index (χ4n) is 1.89. The Morgan fingerprint density at radius 2 is 1.86 bits per heavy atom. The fourth-order valence-corrected chi connectivity index (χ4v) is 3.48. The molecule has 1 amide bonds. The van der Waals surface area contributed by atoms with Crippen molar-refractivity contribution in [3.8, 4) is 0 Å². The monoisotopic (exact) mass is 377 g/mol. The molecule has 114 valence electrons. The van der Waals surface area contributed by atoms with Crippen LogP contribution in [0.2, 0.25) is 0 Å². The van der Waals surface area contributed by atoms with Crippen molar-refractivity contribution in [2.24, 2.45) is 0 Å². The average Bonchev–Trinajstić information content (AvgIpc) is 2.44. The lowest BCUT2D eigenvalue weighted by atomic mass is 10.2. The van der Waals surface area contributed by atoms with Crippen LogP contribution in [0.4, 0.5) is 5.69 Å². The maximum Gasteiger partial charge on any atom is 0.231 e. The lowest BCUT2D eigenvalue weighted by Crippen LogP contribution is -2.14. The molecule has 0 spiro atoms. The van der Waals surface area contributed by atoms with E-state index in [9.17, 15) is 9.59 Å². The predicted molar refractivity (Wildman–Crippen MR) is 94.1 cm³/mol. The van der Waals surface area contributed by atoms with Crippen LogP contribution >= 0.6 is 27.7 Å². The van der Waals surface area contributed by atoms with Gasteiger partial charge in [-0.15, -0.1) is 11.8 Å². The Bertz CT molecular complexity index is 674. The number of hydrogen-bond acceptors (Lipinski definition) is 3. The highest BCUT2D eigenvalue weighted by atomic mass is 79.9. The number of amides is 1. The number of thioether (sulfide) groups is 1. The summed E-state index contributed by atoms with van der Waals surface area (Å²) < 4.78 is 0.892. The number of ketones is 1. The second kappa shape index (κ2) is 8.15. The first-order valence-electron chi connectivity index (χ1n) is 6.79.